The van der Waals surface area contributed by atoms with Gasteiger partial charge < -0.3 is 10.1 Å². The van der Waals surface area contributed by atoms with Crippen molar-refractivity contribution in [2.75, 3.05) is 18.2 Å². The lowest BCUT2D eigenvalue weighted by Gasteiger charge is -2.11. The molecule has 0 spiro atoms. The number of ether oxygens (including phenoxy) is 1. The van der Waals surface area contributed by atoms with Crippen molar-refractivity contribution in [3.8, 4) is 0 Å². The first-order valence-corrected chi connectivity index (χ1v) is 8.51. The lowest BCUT2D eigenvalue weighted by atomic mass is 10.2. The molecule has 1 N–H and O–H groups in total. The van der Waals surface area contributed by atoms with Crippen LogP contribution >= 0.6 is 23.4 Å². The van der Waals surface area contributed by atoms with Gasteiger partial charge in [0.05, 0.1) is 29.1 Å². The van der Waals surface area contributed by atoms with Crippen LogP contribution in [-0.4, -0.2) is 28.8 Å². The van der Waals surface area contributed by atoms with Gasteiger partial charge in [-0.2, -0.15) is 0 Å². The Morgan fingerprint density at radius 1 is 1.17 bits per heavy atom. The molecule has 0 unspecified atom stereocenters. The van der Waals surface area contributed by atoms with Crippen molar-refractivity contribution in [3.63, 3.8) is 0 Å². The van der Waals surface area contributed by atoms with E-state index in [2.05, 4.69) is 20.0 Å². The molecule has 24 heavy (non-hydrogen) atoms. The third kappa shape index (κ3) is 3.77. The fourth-order valence-corrected chi connectivity index (χ4v) is 2.95. The highest BCUT2D eigenvalue weighted by atomic mass is 35.5. The monoisotopic (exact) mass is 359 g/mol. The summed E-state index contributed by atoms with van der Waals surface area (Å²) < 4.78 is 4.65. The molecule has 0 bridgehead atoms. The van der Waals surface area contributed by atoms with Gasteiger partial charge in [0.25, 0.3) is 0 Å². The highest BCUT2D eigenvalue weighted by Gasteiger charge is 2.11. The number of para-hydroxylation sites is 2. The Morgan fingerprint density at radius 3 is 2.71 bits per heavy atom. The molecule has 0 saturated carbocycles. The first kappa shape index (κ1) is 16.5. The van der Waals surface area contributed by atoms with Crippen LogP contribution in [0.5, 0.6) is 0 Å². The summed E-state index contributed by atoms with van der Waals surface area (Å²) in [6.45, 7) is 0. The van der Waals surface area contributed by atoms with E-state index < -0.39 is 0 Å². The number of carbonyl (C=O) groups excluding carboxylic acids is 1. The molecular formula is C17H14ClN3O2S. The summed E-state index contributed by atoms with van der Waals surface area (Å²) in [6, 6.07) is 15.1. The van der Waals surface area contributed by atoms with E-state index >= 15 is 0 Å². The molecule has 0 aliphatic heterocycles. The molecule has 2 aromatic carbocycles. The molecule has 0 saturated heterocycles. The standard InChI is InChI=1S/C17H14ClN3O2S/c1-23-15(22)10-24-17-20-13-8-4-2-6-11(13)16(21-17)19-14-9-5-3-7-12(14)18/h2-9H,10H2,1H3,(H,19,20,21). The molecule has 3 aromatic rings. The van der Waals surface area contributed by atoms with Crippen LogP contribution in [0.3, 0.4) is 0 Å². The molecule has 0 amide bonds. The zero-order valence-corrected chi connectivity index (χ0v) is 14.4. The predicted molar refractivity (Wildman–Crippen MR) is 97.0 cm³/mol. The lowest BCUT2D eigenvalue weighted by Crippen LogP contribution is -2.05. The van der Waals surface area contributed by atoms with Crippen molar-refractivity contribution in [2.45, 2.75) is 5.16 Å². The van der Waals surface area contributed by atoms with Gasteiger partial charge in [-0.25, -0.2) is 9.97 Å². The van der Waals surface area contributed by atoms with E-state index in [1.54, 1.807) is 6.07 Å². The van der Waals surface area contributed by atoms with Crippen LogP contribution in [0.4, 0.5) is 11.5 Å². The third-order valence-electron chi connectivity index (χ3n) is 3.26. The number of nitrogens with one attached hydrogen (secondary N) is 1. The zero-order valence-electron chi connectivity index (χ0n) is 12.8. The van der Waals surface area contributed by atoms with Crippen LogP contribution in [0.15, 0.2) is 53.7 Å². The Bertz CT molecular complexity index is 889. The van der Waals surface area contributed by atoms with E-state index in [9.17, 15) is 4.79 Å². The normalized spacial score (nSPS) is 10.6. The highest BCUT2D eigenvalue weighted by molar-refractivity contribution is 7.99. The second-order valence-corrected chi connectivity index (χ2v) is 6.19. The fourth-order valence-electron chi connectivity index (χ4n) is 2.09. The van der Waals surface area contributed by atoms with Gasteiger partial charge in [-0.15, -0.1) is 0 Å². The van der Waals surface area contributed by atoms with E-state index in [-0.39, 0.29) is 11.7 Å². The molecule has 5 nitrogen and oxygen atoms in total. The number of hydrogen-bond acceptors (Lipinski definition) is 6. The lowest BCUT2D eigenvalue weighted by molar-refractivity contribution is -0.137. The van der Waals surface area contributed by atoms with Crippen molar-refractivity contribution < 1.29 is 9.53 Å². The number of aromatic nitrogens is 2. The SMILES string of the molecule is COC(=O)CSc1nc(Nc2ccccc2Cl)c2ccccc2n1. The molecule has 0 fully saturated rings. The highest BCUT2D eigenvalue weighted by Crippen LogP contribution is 2.29. The molecule has 0 radical (unpaired) electrons. The summed E-state index contributed by atoms with van der Waals surface area (Å²) in [5.41, 5.74) is 1.54. The predicted octanol–water partition coefficient (Wildman–Crippen LogP) is 4.29. The molecule has 0 aliphatic carbocycles. The quantitative estimate of drug-likeness (QED) is 0.416. The van der Waals surface area contributed by atoms with Crippen LogP contribution in [0.1, 0.15) is 0 Å². The zero-order chi connectivity index (χ0) is 16.9. The summed E-state index contributed by atoms with van der Waals surface area (Å²) in [7, 11) is 1.36. The van der Waals surface area contributed by atoms with Gasteiger partial charge in [-0.05, 0) is 24.3 Å². The molecule has 3 rings (SSSR count). The molecule has 1 aromatic heterocycles. The van der Waals surface area contributed by atoms with Crippen molar-refractivity contribution in [1.82, 2.24) is 9.97 Å². The molecule has 0 aliphatic rings. The number of anilines is 2. The van der Waals surface area contributed by atoms with Gasteiger partial charge in [0.15, 0.2) is 5.16 Å². The molecule has 122 valence electrons. The minimum Gasteiger partial charge on any atom is -0.468 e. The molecule has 7 heteroatoms. The van der Waals surface area contributed by atoms with Crippen molar-refractivity contribution >= 4 is 51.7 Å². The average Bonchev–Trinajstić information content (AvgIpc) is 2.61. The number of thioether (sulfide) groups is 1. The van der Waals surface area contributed by atoms with Gasteiger partial charge in [0.1, 0.15) is 5.82 Å². The van der Waals surface area contributed by atoms with Crippen LogP contribution < -0.4 is 5.32 Å². The second kappa shape index (κ2) is 7.51. The molecular weight excluding hydrogens is 346 g/mol. The average molecular weight is 360 g/mol. The Labute approximate surface area is 148 Å². The topological polar surface area (TPSA) is 64.1 Å². The fraction of sp³-hybridized carbons (Fsp3) is 0.118. The summed E-state index contributed by atoms with van der Waals surface area (Å²) in [6.07, 6.45) is 0. The maximum absolute atomic E-state index is 11.3. The number of nitrogens with zero attached hydrogens (tertiary/aromatic N) is 2. The van der Waals surface area contributed by atoms with Gasteiger partial charge in [-0.1, -0.05) is 47.6 Å². The van der Waals surface area contributed by atoms with Crippen LogP contribution in [0.25, 0.3) is 10.9 Å². The summed E-state index contributed by atoms with van der Waals surface area (Å²) in [4.78, 5) is 20.3. The summed E-state index contributed by atoms with van der Waals surface area (Å²) in [5.74, 6) is 0.471. The second-order valence-electron chi connectivity index (χ2n) is 4.84. The Kier molecular flexibility index (Phi) is 5.17. The molecule has 0 atom stereocenters. The van der Waals surface area contributed by atoms with Crippen molar-refractivity contribution in [3.05, 3.63) is 53.6 Å². The third-order valence-corrected chi connectivity index (χ3v) is 4.41. The number of hydrogen-bond donors (Lipinski definition) is 1. The maximum Gasteiger partial charge on any atom is 0.316 e. The summed E-state index contributed by atoms with van der Waals surface area (Å²) in [5, 5.41) is 5.21. The Hall–Kier alpha value is -2.31. The first-order chi connectivity index (χ1) is 11.7. The number of fused-ring (bicyclic) bond motifs is 1. The van der Waals surface area contributed by atoms with E-state index in [0.29, 0.717) is 16.0 Å². The number of methoxy groups -OCH3 is 1. The van der Waals surface area contributed by atoms with Crippen molar-refractivity contribution in [2.24, 2.45) is 0 Å². The number of benzene rings is 2. The van der Waals surface area contributed by atoms with Gasteiger partial charge in [0.2, 0.25) is 0 Å². The number of carbonyl (C=O) groups is 1. The number of esters is 1. The summed E-state index contributed by atoms with van der Waals surface area (Å²) >= 11 is 7.44. The van der Waals surface area contributed by atoms with Crippen LogP contribution in [0, 0.1) is 0 Å². The number of rotatable bonds is 5. The Morgan fingerprint density at radius 2 is 1.92 bits per heavy atom. The van der Waals surface area contributed by atoms with E-state index in [0.717, 1.165) is 16.6 Å². The smallest absolute Gasteiger partial charge is 0.316 e. The number of halogens is 1. The first-order valence-electron chi connectivity index (χ1n) is 7.15. The van der Waals surface area contributed by atoms with E-state index in [4.69, 9.17) is 11.6 Å². The largest absolute Gasteiger partial charge is 0.468 e. The molecule has 1 heterocycles. The van der Waals surface area contributed by atoms with E-state index in [1.165, 1.54) is 18.9 Å². The Balaban J connectivity index is 1.98. The van der Waals surface area contributed by atoms with Gasteiger partial charge in [0, 0.05) is 5.39 Å². The van der Waals surface area contributed by atoms with Crippen LogP contribution in [0.2, 0.25) is 5.02 Å². The van der Waals surface area contributed by atoms with Crippen LogP contribution in [-0.2, 0) is 9.53 Å². The van der Waals surface area contributed by atoms with E-state index in [1.807, 2.05) is 42.5 Å². The minimum absolute atomic E-state index is 0.153. The maximum atomic E-state index is 11.3. The minimum atomic E-state index is -0.322. The van der Waals surface area contributed by atoms with Gasteiger partial charge >= 0.3 is 5.97 Å². The van der Waals surface area contributed by atoms with Crippen molar-refractivity contribution in [1.29, 1.82) is 0 Å². The van der Waals surface area contributed by atoms with Gasteiger partial charge in [-0.3, -0.25) is 4.79 Å².